The van der Waals surface area contributed by atoms with E-state index >= 15 is 0 Å². The molecule has 3 fully saturated rings. The highest BCUT2D eigenvalue weighted by Gasteiger charge is 2.45. The Hall–Kier alpha value is 0.170. The third kappa shape index (κ3) is 3.26. The third-order valence-electron chi connectivity index (χ3n) is 5.71. The van der Waals surface area contributed by atoms with Crippen LogP contribution < -0.4 is 5.32 Å². The summed E-state index contributed by atoms with van der Waals surface area (Å²) in [5.41, 5.74) is 0.584. The zero-order chi connectivity index (χ0) is 12.4. The standard InChI is InChI=1S/C15H28N2O.ClH/c1-13-15(5-9-18-10-6-15)4-8-17(13)12-14-3-2-7-16-11-14;/h13-14,16H,2-12H2,1H3;1H. The quantitative estimate of drug-likeness (QED) is 0.844. The number of nitrogens with one attached hydrogen (secondary N) is 1. The zero-order valence-electron chi connectivity index (χ0n) is 12.2. The Labute approximate surface area is 123 Å². The maximum atomic E-state index is 5.56. The van der Waals surface area contributed by atoms with E-state index < -0.39 is 0 Å². The molecule has 0 aromatic carbocycles. The van der Waals surface area contributed by atoms with E-state index in [1.165, 1.54) is 58.3 Å². The first-order valence-corrected chi connectivity index (χ1v) is 7.83. The van der Waals surface area contributed by atoms with Gasteiger partial charge in [0.2, 0.25) is 0 Å². The molecule has 3 nitrogen and oxygen atoms in total. The van der Waals surface area contributed by atoms with Crippen LogP contribution in [0.25, 0.3) is 0 Å². The second-order valence-corrected chi connectivity index (χ2v) is 6.61. The van der Waals surface area contributed by atoms with Crippen LogP contribution in [0.5, 0.6) is 0 Å². The number of likely N-dealkylation sites (tertiary alicyclic amines) is 1. The summed E-state index contributed by atoms with van der Waals surface area (Å²) >= 11 is 0. The molecule has 3 heterocycles. The van der Waals surface area contributed by atoms with E-state index in [1.807, 2.05) is 0 Å². The molecular formula is C15H29ClN2O. The van der Waals surface area contributed by atoms with Crippen molar-refractivity contribution in [1.82, 2.24) is 10.2 Å². The van der Waals surface area contributed by atoms with E-state index in [1.54, 1.807) is 0 Å². The molecule has 2 unspecified atom stereocenters. The van der Waals surface area contributed by atoms with Gasteiger partial charge >= 0.3 is 0 Å². The van der Waals surface area contributed by atoms with E-state index in [0.717, 1.165) is 25.2 Å². The molecule has 0 aromatic rings. The number of ether oxygens (including phenoxy) is 1. The number of hydrogen-bond acceptors (Lipinski definition) is 3. The van der Waals surface area contributed by atoms with Gasteiger partial charge in [0.05, 0.1) is 0 Å². The molecule has 0 aliphatic carbocycles. The SMILES string of the molecule is CC1N(CC2CCCNC2)CCC12CCOCC2.Cl. The lowest BCUT2D eigenvalue weighted by Gasteiger charge is -2.40. The number of rotatable bonds is 2. The smallest absolute Gasteiger partial charge is 0.0471 e. The summed E-state index contributed by atoms with van der Waals surface area (Å²) in [5, 5.41) is 3.55. The van der Waals surface area contributed by atoms with Crippen LogP contribution in [-0.2, 0) is 4.74 Å². The van der Waals surface area contributed by atoms with E-state index in [0.29, 0.717) is 5.41 Å². The van der Waals surface area contributed by atoms with Crippen molar-refractivity contribution in [3.8, 4) is 0 Å². The van der Waals surface area contributed by atoms with Gasteiger partial charge in [-0.3, -0.25) is 4.90 Å². The fourth-order valence-corrected chi connectivity index (χ4v) is 4.26. The lowest BCUT2D eigenvalue weighted by atomic mass is 9.74. The highest BCUT2D eigenvalue weighted by molar-refractivity contribution is 5.85. The molecular weight excluding hydrogens is 260 g/mol. The molecule has 0 aromatic heterocycles. The maximum absolute atomic E-state index is 5.56. The summed E-state index contributed by atoms with van der Waals surface area (Å²) < 4.78 is 5.56. The van der Waals surface area contributed by atoms with Crippen molar-refractivity contribution in [3.05, 3.63) is 0 Å². The second kappa shape index (κ2) is 6.75. The number of hydrogen-bond donors (Lipinski definition) is 1. The summed E-state index contributed by atoms with van der Waals surface area (Å²) in [4.78, 5) is 2.77. The molecule has 1 spiro atoms. The number of nitrogens with zero attached hydrogens (tertiary/aromatic N) is 1. The summed E-state index contributed by atoms with van der Waals surface area (Å²) in [6.07, 6.45) is 6.76. The largest absolute Gasteiger partial charge is 0.381 e. The van der Waals surface area contributed by atoms with Crippen LogP contribution in [0.15, 0.2) is 0 Å². The topological polar surface area (TPSA) is 24.5 Å². The molecule has 3 rings (SSSR count). The Morgan fingerprint density at radius 3 is 2.74 bits per heavy atom. The van der Waals surface area contributed by atoms with Crippen LogP contribution in [0.1, 0.15) is 39.0 Å². The van der Waals surface area contributed by atoms with E-state index in [2.05, 4.69) is 17.1 Å². The second-order valence-electron chi connectivity index (χ2n) is 6.61. The van der Waals surface area contributed by atoms with Gasteiger partial charge in [-0.15, -0.1) is 12.4 Å². The average Bonchev–Trinajstić information content (AvgIpc) is 2.71. The molecule has 3 aliphatic heterocycles. The molecule has 0 saturated carbocycles. The molecule has 3 aliphatic rings. The van der Waals surface area contributed by atoms with Gasteiger partial charge in [0, 0.05) is 25.8 Å². The molecule has 0 bridgehead atoms. The average molecular weight is 289 g/mol. The lowest BCUT2D eigenvalue weighted by molar-refractivity contribution is -0.00246. The van der Waals surface area contributed by atoms with Crippen LogP contribution in [0.2, 0.25) is 0 Å². The Balaban J connectivity index is 0.00000133. The minimum absolute atomic E-state index is 0. The van der Waals surface area contributed by atoms with Crippen molar-refractivity contribution in [2.45, 2.75) is 45.1 Å². The van der Waals surface area contributed by atoms with Gasteiger partial charge in [-0.25, -0.2) is 0 Å². The van der Waals surface area contributed by atoms with Crippen LogP contribution >= 0.6 is 12.4 Å². The first kappa shape index (κ1) is 15.6. The Bertz CT molecular complexity index is 275. The van der Waals surface area contributed by atoms with Crippen molar-refractivity contribution in [2.75, 3.05) is 39.4 Å². The first-order valence-electron chi connectivity index (χ1n) is 7.83. The predicted molar refractivity (Wildman–Crippen MR) is 81.0 cm³/mol. The summed E-state index contributed by atoms with van der Waals surface area (Å²) in [5.74, 6) is 0.885. The molecule has 0 amide bonds. The normalized spacial score (nSPS) is 35.2. The Kier molecular flexibility index (Phi) is 5.53. The van der Waals surface area contributed by atoms with Crippen LogP contribution in [-0.4, -0.2) is 50.3 Å². The van der Waals surface area contributed by atoms with E-state index in [4.69, 9.17) is 4.74 Å². The van der Waals surface area contributed by atoms with Gasteiger partial charge in [-0.05, 0) is 70.0 Å². The first-order chi connectivity index (χ1) is 8.80. The van der Waals surface area contributed by atoms with Crippen molar-refractivity contribution >= 4 is 12.4 Å². The number of piperidine rings is 1. The molecule has 3 saturated heterocycles. The highest BCUT2D eigenvalue weighted by Crippen LogP contribution is 2.45. The molecule has 2 atom stereocenters. The maximum Gasteiger partial charge on any atom is 0.0471 e. The molecule has 112 valence electrons. The summed E-state index contributed by atoms with van der Waals surface area (Å²) in [7, 11) is 0. The molecule has 4 heteroatoms. The van der Waals surface area contributed by atoms with E-state index in [9.17, 15) is 0 Å². The minimum atomic E-state index is 0. The van der Waals surface area contributed by atoms with Gasteiger partial charge in [0.15, 0.2) is 0 Å². The van der Waals surface area contributed by atoms with Crippen molar-refractivity contribution in [3.63, 3.8) is 0 Å². The monoisotopic (exact) mass is 288 g/mol. The minimum Gasteiger partial charge on any atom is -0.381 e. The van der Waals surface area contributed by atoms with E-state index in [-0.39, 0.29) is 12.4 Å². The van der Waals surface area contributed by atoms with Gasteiger partial charge in [-0.2, -0.15) is 0 Å². The van der Waals surface area contributed by atoms with Crippen LogP contribution in [0.3, 0.4) is 0 Å². The van der Waals surface area contributed by atoms with Crippen molar-refractivity contribution < 1.29 is 4.74 Å². The molecule has 1 N–H and O–H groups in total. The summed E-state index contributed by atoms with van der Waals surface area (Å²) in [6.45, 7) is 9.54. The van der Waals surface area contributed by atoms with Crippen LogP contribution in [0, 0.1) is 11.3 Å². The van der Waals surface area contributed by atoms with Crippen LogP contribution in [0.4, 0.5) is 0 Å². The van der Waals surface area contributed by atoms with Crippen molar-refractivity contribution in [1.29, 1.82) is 0 Å². The number of halogens is 1. The third-order valence-corrected chi connectivity index (χ3v) is 5.71. The van der Waals surface area contributed by atoms with Gasteiger partial charge in [0.1, 0.15) is 0 Å². The Morgan fingerprint density at radius 1 is 1.26 bits per heavy atom. The highest BCUT2D eigenvalue weighted by atomic mass is 35.5. The van der Waals surface area contributed by atoms with Gasteiger partial charge in [0.25, 0.3) is 0 Å². The van der Waals surface area contributed by atoms with Crippen molar-refractivity contribution in [2.24, 2.45) is 11.3 Å². The predicted octanol–water partition coefficient (Wildman–Crippen LogP) is 2.30. The fourth-order valence-electron chi connectivity index (χ4n) is 4.26. The van der Waals surface area contributed by atoms with Gasteiger partial charge in [-0.1, -0.05) is 0 Å². The lowest BCUT2D eigenvalue weighted by Crippen LogP contribution is -2.44. The fraction of sp³-hybridized carbons (Fsp3) is 1.00. The van der Waals surface area contributed by atoms with Gasteiger partial charge < -0.3 is 10.1 Å². The zero-order valence-corrected chi connectivity index (χ0v) is 13.0. The molecule has 0 radical (unpaired) electrons. The molecule has 19 heavy (non-hydrogen) atoms. The Morgan fingerprint density at radius 2 is 2.05 bits per heavy atom. The summed E-state index contributed by atoms with van der Waals surface area (Å²) in [6, 6.07) is 0.767.